The molecular weight excluding hydrogens is 388 g/mol. The lowest BCUT2D eigenvalue weighted by Gasteiger charge is -2.11. The lowest BCUT2D eigenvalue weighted by atomic mass is 10.1. The lowest BCUT2D eigenvalue weighted by molar-refractivity contribution is -0.385. The van der Waals surface area contributed by atoms with Crippen LogP contribution in [0.15, 0.2) is 53.4 Å². The maximum atomic E-state index is 12.6. The average Bonchev–Trinajstić information content (AvgIpc) is 2.61. The standard InChI is InChI=1S/C18H14N2O7S/c1-10-5-6-13(15(9-10)20(23)24)18(22)19-14-4-2-3-12-11(14)7-8-16(17(12)21)28(25,26)27/h2-9,21H,1H3,(H,19,22)(H,25,26,27). The first-order valence-corrected chi connectivity index (χ1v) is 9.32. The molecule has 0 unspecified atom stereocenters. The number of benzene rings is 3. The van der Waals surface area contributed by atoms with Gasteiger partial charge in [-0.2, -0.15) is 8.42 Å². The fourth-order valence-corrected chi connectivity index (χ4v) is 3.41. The van der Waals surface area contributed by atoms with Crippen molar-refractivity contribution in [3.63, 3.8) is 0 Å². The molecule has 0 spiro atoms. The minimum atomic E-state index is -4.64. The number of hydrogen-bond acceptors (Lipinski definition) is 6. The molecule has 0 aromatic heterocycles. The van der Waals surface area contributed by atoms with Crippen molar-refractivity contribution in [2.24, 2.45) is 0 Å². The summed E-state index contributed by atoms with van der Waals surface area (Å²) in [6, 6.07) is 10.8. The molecule has 0 saturated carbocycles. The number of anilines is 1. The molecule has 3 aromatic rings. The van der Waals surface area contributed by atoms with E-state index in [2.05, 4.69) is 5.32 Å². The normalized spacial score (nSPS) is 11.4. The minimum absolute atomic E-state index is 0.0753. The van der Waals surface area contributed by atoms with Gasteiger partial charge < -0.3 is 10.4 Å². The van der Waals surface area contributed by atoms with Crippen LogP contribution in [0.4, 0.5) is 11.4 Å². The summed E-state index contributed by atoms with van der Waals surface area (Å²) in [6.07, 6.45) is 0. The molecule has 3 N–H and O–H groups in total. The van der Waals surface area contributed by atoms with Gasteiger partial charge in [-0.25, -0.2) is 0 Å². The van der Waals surface area contributed by atoms with Crippen LogP contribution < -0.4 is 5.32 Å². The summed E-state index contributed by atoms with van der Waals surface area (Å²) < 4.78 is 31.8. The lowest BCUT2D eigenvalue weighted by Crippen LogP contribution is -2.14. The molecule has 3 aromatic carbocycles. The summed E-state index contributed by atoms with van der Waals surface area (Å²) in [7, 11) is -4.64. The van der Waals surface area contributed by atoms with Crippen LogP contribution in [0, 0.1) is 17.0 Å². The molecule has 10 heteroatoms. The average molecular weight is 402 g/mol. The van der Waals surface area contributed by atoms with E-state index in [0.29, 0.717) is 5.56 Å². The van der Waals surface area contributed by atoms with Gasteiger partial charge in [-0.3, -0.25) is 19.5 Å². The fraction of sp³-hybridized carbons (Fsp3) is 0.0556. The zero-order chi connectivity index (χ0) is 20.6. The predicted molar refractivity (Wildman–Crippen MR) is 101 cm³/mol. The van der Waals surface area contributed by atoms with Gasteiger partial charge in [-0.15, -0.1) is 0 Å². The van der Waals surface area contributed by atoms with Gasteiger partial charge in [0.25, 0.3) is 21.7 Å². The van der Waals surface area contributed by atoms with Crippen LogP contribution >= 0.6 is 0 Å². The number of aromatic hydroxyl groups is 1. The Morgan fingerprint density at radius 3 is 2.46 bits per heavy atom. The first-order chi connectivity index (χ1) is 13.1. The van der Waals surface area contributed by atoms with Crippen LogP contribution in [-0.2, 0) is 10.1 Å². The predicted octanol–water partition coefficient (Wildman–Crippen LogP) is 3.26. The van der Waals surface area contributed by atoms with Crippen molar-refractivity contribution in [2.75, 3.05) is 5.32 Å². The van der Waals surface area contributed by atoms with Crippen molar-refractivity contribution in [1.29, 1.82) is 0 Å². The number of nitrogens with zero attached hydrogens (tertiary/aromatic N) is 1. The molecule has 0 bridgehead atoms. The zero-order valence-electron chi connectivity index (χ0n) is 14.4. The van der Waals surface area contributed by atoms with Crippen LogP contribution in [0.1, 0.15) is 15.9 Å². The van der Waals surface area contributed by atoms with Crippen LogP contribution in [0.25, 0.3) is 10.8 Å². The SMILES string of the molecule is Cc1ccc(C(=O)Nc2cccc3c(O)c(S(=O)(=O)O)ccc23)c([N+](=O)[O-])c1. The van der Waals surface area contributed by atoms with E-state index in [0.717, 1.165) is 6.07 Å². The number of carbonyl (C=O) groups is 1. The first-order valence-electron chi connectivity index (χ1n) is 7.88. The van der Waals surface area contributed by atoms with E-state index < -0.39 is 31.6 Å². The third-order valence-electron chi connectivity index (χ3n) is 4.12. The summed E-state index contributed by atoms with van der Waals surface area (Å²) in [4.78, 5) is 22.5. The van der Waals surface area contributed by atoms with Crippen molar-refractivity contribution in [2.45, 2.75) is 11.8 Å². The Labute approximate surface area is 159 Å². The number of hydrogen-bond donors (Lipinski definition) is 3. The molecule has 3 rings (SSSR count). The van der Waals surface area contributed by atoms with E-state index in [9.17, 15) is 33.0 Å². The maximum Gasteiger partial charge on any atom is 0.298 e. The number of nitrogens with one attached hydrogen (secondary N) is 1. The van der Waals surface area contributed by atoms with Crippen molar-refractivity contribution < 1.29 is 27.8 Å². The van der Waals surface area contributed by atoms with E-state index in [1.165, 1.54) is 36.4 Å². The molecule has 0 heterocycles. The highest BCUT2D eigenvalue weighted by molar-refractivity contribution is 7.86. The van der Waals surface area contributed by atoms with E-state index in [1.807, 2.05) is 0 Å². The monoisotopic (exact) mass is 402 g/mol. The third-order valence-corrected chi connectivity index (χ3v) is 5.00. The summed E-state index contributed by atoms with van der Waals surface area (Å²) in [5.74, 6) is -1.41. The second kappa shape index (κ2) is 6.91. The molecule has 0 aliphatic carbocycles. The van der Waals surface area contributed by atoms with Gasteiger partial charge in [-0.05, 0) is 30.7 Å². The Bertz CT molecular complexity index is 1240. The number of rotatable bonds is 4. The van der Waals surface area contributed by atoms with Crippen LogP contribution in [-0.4, -0.2) is 28.9 Å². The highest BCUT2D eigenvalue weighted by Gasteiger charge is 2.22. The summed E-state index contributed by atoms with van der Waals surface area (Å²) in [5.41, 5.74) is 0.325. The number of phenolic OH excluding ortho intramolecular Hbond substituents is 1. The molecule has 0 aliphatic heterocycles. The van der Waals surface area contributed by atoms with Crippen molar-refractivity contribution >= 4 is 38.2 Å². The van der Waals surface area contributed by atoms with Crippen LogP contribution in [0.3, 0.4) is 0 Å². The second-order valence-electron chi connectivity index (χ2n) is 6.02. The summed E-state index contributed by atoms with van der Waals surface area (Å²) >= 11 is 0. The molecule has 0 aliphatic rings. The van der Waals surface area contributed by atoms with Crippen LogP contribution in [0.2, 0.25) is 0 Å². The molecule has 9 nitrogen and oxygen atoms in total. The van der Waals surface area contributed by atoms with Gasteiger partial charge in [-0.1, -0.05) is 24.3 Å². The number of amides is 1. The van der Waals surface area contributed by atoms with Gasteiger partial charge in [0, 0.05) is 22.5 Å². The van der Waals surface area contributed by atoms with Crippen molar-refractivity contribution in [3.8, 4) is 5.75 Å². The van der Waals surface area contributed by atoms with E-state index in [1.54, 1.807) is 13.0 Å². The fourth-order valence-electron chi connectivity index (χ4n) is 2.81. The zero-order valence-corrected chi connectivity index (χ0v) is 15.2. The molecule has 0 fully saturated rings. The largest absolute Gasteiger partial charge is 0.506 e. The van der Waals surface area contributed by atoms with Crippen LogP contribution in [0.5, 0.6) is 5.75 Å². The number of nitro benzene ring substituents is 1. The number of aryl methyl sites for hydroxylation is 1. The number of carbonyl (C=O) groups excluding carboxylic acids is 1. The summed E-state index contributed by atoms with van der Waals surface area (Å²) in [5, 5.41) is 24.3. The van der Waals surface area contributed by atoms with Gasteiger partial charge in [0.05, 0.1) is 4.92 Å². The van der Waals surface area contributed by atoms with Crippen molar-refractivity contribution in [1.82, 2.24) is 0 Å². The van der Waals surface area contributed by atoms with Gasteiger partial charge in [0.1, 0.15) is 16.2 Å². The Balaban J connectivity index is 2.08. The molecule has 1 amide bonds. The number of nitro groups is 1. The van der Waals surface area contributed by atoms with Gasteiger partial charge in [0.15, 0.2) is 0 Å². The Kier molecular flexibility index (Phi) is 4.75. The molecule has 0 radical (unpaired) electrons. The molecule has 0 atom stereocenters. The Morgan fingerprint density at radius 2 is 1.82 bits per heavy atom. The minimum Gasteiger partial charge on any atom is -0.506 e. The molecular formula is C18H14N2O7S. The smallest absolute Gasteiger partial charge is 0.298 e. The third kappa shape index (κ3) is 3.50. The first kappa shape index (κ1) is 19.3. The highest BCUT2D eigenvalue weighted by atomic mass is 32.2. The number of phenols is 1. The maximum absolute atomic E-state index is 12.6. The number of fused-ring (bicyclic) bond motifs is 1. The van der Waals surface area contributed by atoms with E-state index >= 15 is 0 Å². The van der Waals surface area contributed by atoms with Crippen molar-refractivity contribution in [3.05, 3.63) is 69.8 Å². The molecule has 28 heavy (non-hydrogen) atoms. The van der Waals surface area contributed by atoms with E-state index in [4.69, 9.17) is 0 Å². The topological polar surface area (TPSA) is 147 Å². The second-order valence-corrected chi connectivity index (χ2v) is 7.41. The molecule has 0 saturated heterocycles. The Hall–Kier alpha value is -3.50. The quantitative estimate of drug-likeness (QED) is 0.345. The highest BCUT2D eigenvalue weighted by Crippen LogP contribution is 2.35. The summed E-state index contributed by atoms with van der Waals surface area (Å²) in [6.45, 7) is 1.66. The molecule has 144 valence electrons. The van der Waals surface area contributed by atoms with Gasteiger partial charge >= 0.3 is 0 Å². The Morgan fingerprint density at radius 1 is 1.11 bits per heavy atom. The van der Waals surface area contributed by atoms with Gasteiger partial charge in [0.2, 0.25) is 0 Å². The van der Waals surface area contributed by atoms with E-state index in [-0.39, 0.29) is 27.7 Å².